The molecule has 0 aromatic heterocycles. The van der Waals surface area contributed by atoms with Crippen LogP contribution in [0.1, 0.15) is 48.1 Å². The van der Waals surface area contributed by atoms with Crippen molar-refractivity contribution in [2.24, 2.45) is 5.92 Å². The minimum Gasteiger partial charge on any atom is -0.349 e. The molecule has 0 spiro atoms. The van der Waals surface area contributed by atoms with Gasteiger partial charge in [-0.15, -0.1) is 0 Å². The molecule has 1 aliphatic rings. The normalized spacial score (nSPS) is 16.9. The molecule has 1 fully saturated rings. The fraction of sp³-hybridized carbons (Fsp3) is 0.435. The summed E-state index contributed by atoms with van der Waals surface area (Å²) in [6.45, 7) is 6.86. The summed E-state index contributed by atoms with van der Waals surface area (Å²) in [6.07, 6.45) is 1.09. The monoisotopic (exact) mass is 492 g/mol. The van der Waals surface area contributed by atoms with Crippen molar-refractivity contribution in [1.29, 1.82) is 0 Å². The highest BCUT2D eigenvalue weighted by Gasteiger charge is 2.31. The SMILES string of the molecule is Cc1ccc(C)c(C(C)NC(=O)C2CCN(S(=O)(=O)Cc3ccc(Br)cc3)CC2)c1. The molecule has 162 valence electrons. The third-order valence-corrected chi connectivity index (χ3v) is 8.12. The van der Waals surface area contributed by atoms with Crippen molar-refractivity contribution in [3.05, 3.63) is 69.2 Å². The number of hydrogen-bond donors (Lipinski definition) is 1. The number of aryl methyl sites for hydroxylation is 2. The smallest absolute Gasteiger partial charge is 0.223 e. The van der Waals surface area contributed by atoms with Gasteiger partial charge < -0.3 is 5.32 Å². The van der Waals surface area contributed by atoms with Crippen molar-refractivity contribution in [2.45, 2.75) is 45.4 Å². The molecule has 1 unspecified atom stereocenters. The maximum Gasteiger partial charge on any atom is 0.223 e. The van der Waals surface area contributed by atoms with Crippen LogP contribution in [0.4, 0.5) is 0 Å². The minimum atomic E-state index is -3.39. The van der Waals surface area contributed by atoms with Gasteiger partial charge in [0.25, 0.3) is 0 Å². The molecular formula is C23H29BrN2O3S. The van der Waals surface area contributed by atoms with E-state index in [0.717, 1.165) is 21.2 Å². The van der Waals surface area contributed by atoms with Crippen LogP contribution in [0.25, 0.3) is 0 Å². The lowest BCUT2D eigenvalue weighted by Crippen LogP contribution is -2.43. The number of sulfonamides is 1. The van der Waals surface area contributed by atoms with E-state index in [0.29, 0.717) is 25.9 Å². The van der Waals surface area contributed by atoms with Gasteiger partial charge in [0.2, 0.25) is 15.9 Å². The zero-order chi connectivity index (χ0) is 21.9. The lowest BCUT2D eigenvalue weighted by Gasteiger charge is -2.31. The Morgan fingerprint density at radius 2 is 1.77 bits per heavy atom. The first-order valence-electron chi connectivity index (χ1n) is 10.3. The Balaban J connectivity index is 1.56. The summed E-state index contributed by atoms with van der Waals surface area (Å²) in [7, 11) is -3.39. The summed E-state index contributed by atoms with van der Waals surface area (Å²) in [6, 6.07) is 13.5. The van der Waals surface area contributed by atoms with Crippen LogP contribution in [0.2, 0.25) is 0 Å². The molecule has 0 bridgehead atoms. The van der Waals surface area contributed by atoms with Crippen LogP contribution < -0.4 is 5.32 Å². The highest BCUT2D eigenvalue weighted by molar-refractivity contribution is 9.10. The van der Waals surface area contributed by atoms with Crippen LogP contribution in [0.3, 0.4) is 0 Å². The fourth-order valence-electron chi connectivity index (χ4n) is 3.91. The Bertz CT molecular complexity index is 998. The summed E-state index contributed by atoms with van der Waals surface area (Å²) in [4.78, 5) is 12.8. The number of carbonyl (C=O) groups is 1. The van der Waals surface area contributed by atoms with Gasteiger partial charge in [-0.25, -0.2) is 12.7 Å². The van der Waals surface area contributed by atoms with Crippen molar-refractivity contribution in [3.63, 3.8) is 0 Å². The molecular weight excluding hydrogens is 464 g/mol. The van der Waals surface area contributed by atoms with Gasteiger partial charge in [0.1, 0.15) is 0 Å². The van der Waals surface area contributed by atoms with E-state index in [1.54, 1.807) is 0 Å². The Hall–Kier alpha value is -1.70. The van der Waals surface area contributed by atoms with E-state index in [1.165, 1.54) is 9.87 Å². The minimum absolute atomic E-state index is 0.00774. The highest BCUT2D eigenvalue weighted by atomic mass is 79.9. The topological polar surface area (TPSA) is 66.5 Å². The second kappa shape index (κ2) is 9.62. The molecule has 1 atom stereocenters. The molecule has 7 heteroatoms. The number of rotatable bonds is 6. The van der Waals surface area contributed by atoms with Crippen LogP contribution >= 0.6 is 15.9 Å². The Morgan fingerprint density at radius 1 is 1.13 bits per heavy atom. The Morgan fingerprint density at radius 3 is 2.40 bits per heavy atom. The number of halogens is 1. The molecule has 2 aromatic carbocycles. The molecule has 1 N–H and O–H groups in total. The van der Waals surface area contributed by atoms with Gasteiger partial charge in [-0.05, 0) is 62.4 Å². The van der Waals surface area contributed by atoms with Gasteiger partial charge in [-0.2, -0.15) is 0 Å². The van der Waals surface area contributed by atoms with Gasteiger partial charge in [-0.1, -0.05) is 51.8 Å². The number of piperidine rings is 1. The van der Waals surface area contributed by atoms with Crippen molar-refractivity contribution < 1.29 is 13.2 Å². The van der Waals surface area contributed by atoms with E-state index < -0.39 is 10.0 Å². The second-order valence-corrected chi connectivity index (χ2v) is 11.0. The maximum atomic E-state index is 12.8. The fourth-order valence-corrected chi connectivity index (χ4v) is 5.74. The standard InChI is InChI=1S/C23H29BrN2O3S/c1-16-4-5-17(2)22(14-16)18(3)25-23(27)20-10-12-26(13-11-20)30(28,29)15-19-6-8-21(24)9-7-19/h4-9,14,18,20H,10-13,15H2,1-3H3,(H,25,27). The number of nitrogens with one attached hydrogen (secondary N) is 1. The summed E-state index contributed by atoms with van der Waals surface area (Å²) in [5.41, 5.74) is 4.21. The van der Waals surface area contributed by atoms with Crippen LogP contribution in [-0.2, 0) is 20.6 Å². The van der Waals surface area contributed by atoms with E-state index in [-0.39, 0.29) is 23.6 Å². The highest BCUT2D eigenvalue weighted by Crippen LogP contribution is 2.24. The number of hydrogen-bond acceptors (Lipinski definition) is 3. The summed E-state index contributed by atoms with van der Waals surface area (Å²) in [5, 5.41) is 3.12. The molecule has 1 aliphatic heterocycles. The first-order valence-corrected chi connectivity index (χ1v) is 12.7. The molecule has 1 amide bonds. The zero-order valence-corrected chi connectivity index (χ0v) is 20.1. The van der Waals surface area contributed by atoms with E-state index in [9.17, 15) is 13.2 Å². The van der Waals surface area contributed by atoms with Gasteiger partial charge in [0.15, 0.2) is 0 Å². The van der Waals surface area contributed by atoms with Crippen molar-refractivity contribution in [2.75, 3.05) is 13.1 Å². The van der Waals surface area contributed by atoms with Crippen LogP contribution in [0.5, 0.6) is 0 Å². The Kier molecular flexibility index (Phi) is 7.37. The summed E-state index contributed by atoms with van der Waals surface area (Å²) >= 11 is 3.36. The number of nitrogens with zero attached hydrogens (tertiary/aromatic N) is 1. The van der Waals surface area contributed by atoms with Crippen molar-refractivity contribution >= 4 is 31.9 Å². The van der Waals surface area contributed by atoms with Gasteiger partial charge >= 0.3 is 0 Å². The first-order chi connectivity index (χ1) is 14.2. The molecule has 2 aromatic rings. The summed E-state index contributed by atoms with van der Waals surface area (Å²) in [5.74, 6) is -0.161. The van der Waals surface area contributed by atoms with Crippen LogP contribution in [0.15, 0.2) is 46.9 Å². The predicted molar refractivity (Wildman–Crippen MR) is 124 cm³/mol. The van der Waals surface area contributed by atoms with E-state index >= 15 is 0 Å². The Labute approximate surface area is 188 Å². The van der Waals surface area contributed by atoms with Gasteiger partial charge in [0.05, 0.1) is 11.8 Å². The lowest BCUT2D eigenvalue weighted by molar-refractivity contribution is -0.126. The van der Waals surface area contributed by atoms with Crippen LogP contribution in [-0.4, -0.2) is 31.7 Å². The van der Waals surface area contributed by atoms with E-state index in [2.05, 4.69) is 39.4 Å². The second-order valence-electron chi connectivity index (χ2n) is 8.15. The van der Waals surface area contributed by atoms with Crippen LogP contribution in [0, 0.1) is 19.8 Å². The molecule has 1 saturated heterocycles. The van der Waals surface area contributed by atoms with Gasteiger partial charge in [0, 0.05) is 23.5 Å². The third-order valence-electron chi connectivity index (χ3n) is 5.74. The molecule has 5 nitrogen and oxygen atoms in total. The molecule has 3 rings (SSSR count). The third kappa shape index (κ3) is 5.71. The first kappa shape index (κ1) is 23.0. The maximum absolute atomic E-state index is 12.8. The molecule has 1 heterocycles. The quantitative estimate of drug-likeness (QED) is 0.645. The lowest BCUT2D eigenvalue weighted by atomic mass is 9.95. The molecule has 0 aliphatic carbocycles. The largest absolute Gasteiger partial charge is 0.349 e. The van der Waals surface area contributed by atoms with E-state index in [1.807, 2.05) is 45.0 Å². The average Bonchev–Trinajstić information content (AvgIpc) is 2.71. The number of benzene rings is 2. The van der Waals surface area contributed by atoms with Crippen molar-refractivity contribution in [1.82, 2.24) is 9.62 Å². The van der Waals surface area contributed by atoms with Crippen molar-refractivity contribution in [3.8, 4) is 0 Å². The predicted octanol–water partition coefficient (Wildman–Crippen LogP) is 4.49. The summed E-state index contributed by atoms with van der Waals surface area (Å²) < 4.78 is 28.0. The zero-order valence-electron chi connectivity index (χ0n) is 17.7. The van der Waals surface area contributed by atoms with Gasteiger partial charge in [-0.3, -0.25) is 4.79 Å². The number of carbonyl (C=O) groups excluding carboxylic acids is 1. The van der Waals surface area contributed by atoms with E-state index in [4.69, 9.17) is 0 Å². The number of amides is 1. The molecule has 0 radical (unpaired) electrons. The molecule has 30 heavy (non-hydrogen) atoms. The molecule has 0 saturated carbocycles. The average molecular weight is 493 g/mol.